The number of cyclic esters (lactones) is 1. The number of imidazole rings is 1. The summed E-state index contributed by atoms with van der Waals surface area (Å²) in [6, 6.07) is 15.8. The van der Waals surface area contributed by atoms with Crippen LogP contribution in [0.25, 0.3) is 16.9 Å². The number of halogens is 1. The number of ether oxygens (including phenoxy) is 1. The highest BCUT2D eigenvalue weighted by Crippen LogP contribution is 2.35. The quantitative estimate of drug-likeness (QED) is 0.599. The molecule has 1 fully saturated rings. The van der Waals surface area contributed by atoms with Gasteiger partial charge in [0.15, 0.2) is 5.16 Å². The van der Waals surface area contributed by atoms with E-state index in [2.05, 4.69) is 28.6 Å². The topological polar surface area (TPSA) is 44.1 Å². The number of aromatic nitrogens is 2. The summed E-state index contributed by atoms with van der Waals surface area (Å²) in [6.45, 7) is 2.55. The predicted molar refractivity (Wildman–Crippen MR) is 104 cm³/mol. The van der Waals surface area contributed by atoms with Crippen LogP contribution in [0.15, 0.2) is 59.9 Å². The fraction of sp³-hybridized carbons (Fsp3) is 0.200. The van der Waals surface area contributed by atoms with Crippen LogP contribution in [0.3, 0.4) is 0 Å². The van der Waals surface area contributed by atoms with Crippen LogP contribution in [0.4, 0.5) is 0 Å². The lowest BCUT2D eigenvalue weighted by Gasteiger charge is -2.15. The minimum atomic E-state index is -0.210. The Morgan fingerprint density at radius 1 is 1.19 bits per heavy atom. The number of para-hydroxylation sites is 1. The lowest BCUT2D eigenvalue weighted by molar-refractivity contribution is -0.137. The van der Waals surface area contributed by atoms with Crippen molar-refractivity contribution in [3.05, 3.63) is 65.3 Å². The van der Waals surface area contributed by atoms with E-state index in [1.165, 1.54) is 11.8 Å². The molecule has 1 saturated heterocycles. The molecule has 4 rings (SSSR count). The minimum Gasteiger partial charge on any atom is -0.465 e. The summed E-state index contributed by atoms with van der Waals surface area (Å²) in [4.78, 5) is 16.5. The predicted octanol–water partition coefficient (Wildman–Crippen LogP) is 4.91. The van der Waals surface area contributed by atoms with Crippen molar-refractivity contribution in [1.29, 1.82) is 0 Å². The molecular weight excluding hydrogens is 368 g/mol. The first kappa shape index (κ1) is 17.2. The minimum absolute atomic E-state index is 0.164. The van der Waals surface area contributed by atoms with E-state index in [1.807, 2.05) is 42.6 Å². The van der Waals surface area contributed by atoms with Crippen LogP contribution < -0.4 is 0 Å². The summed E-state index contributed by atoms with van der Waals surface area (Å²) >= 11 is 7.50. The first-order valence-electron chi connectivity index (χ1n) is 8.36. The molecule has 1 aromatic heterocycles. The molecule has 1 aliphatic heterocycles. The molecule has 26 heavy (non-hydrogen) atoms. The maximum atomic E-state index is 11.9. The first-order chi connectivity index (χ1) is 12.6. The second kappa shape index (κ2) is 7.17. The highest BCUT2D eigenvalue weighted by Gasteiger charge is 2.30. The highest BCUT2D eigenvalue weighted by atomic mass is 35.5. The number of carbonyl (C=O) groups is 1. The standard InChI is InChI=1S/C20H17ClN2O2S/c1-13-4-2-3-5-16(13)23-17(14-6-8-15(21)9-7-14)12-22-20(23)26-18-10-11-25-19(18)24/h2-9,12,18H,10-11H2,1H3. The fourth-order valence-electron chi connectivity index (χ4n) is 3.00. The van der Waals surface area contributed by atoms with Gasteiger partial charge in [0.2, 0.25) is 0 Å². The Morgan fingerprint density at radius 2 is 1.96 bits per heavy atom. The summed E-state index contributed by atoms with van der Waals surface area (Å²) in [5.74, 6) is -0.164. The van der Waals surface area contributed by atoms with Crippen molar-refractivity contribution in [2.75, 3.05) is 6.61 Å². The molecule has 0 saturated carbocycles. The van der Waals surface area contributed by atoms with Crippen LogP contribution in [-0.4, -0.2) is 27.4 Å². The number of hydrogen-bond donors (Lipinski definition) is 0. The van der Waals surface area contributed by atoms with Gasteiger partial charge in [0, 0.05) is 17.0 Å². The molecule has 0 aliphatic carbocycles. The van der Waals surface area contributed by atoms with Crippen molar-refractivity contribution < 1.29 is 9.53 Å². The smallest absolute Gasteiger partial charge is 0.319 e. The van der Waals surface area contributed by atoms with Crippen LogP contribution in [-0.2, 0) is 9.53 Å². The maximum absolute atomic E-state index is 11.9. The van der Waals surface area contributed by atoms with E-state index in [1.54, 1.807) is 0 Å². The molecular formula is C20H17ClN2O2S. The van der Waals surface area contributed by atoms with Gasteiger partial charge >= 0.3 is 5.97 Å². The van der Waals surface area contributed by atoms with Crippen LogP contribution in [0.2, 0.25) is 5.02 Å². The van der Waals surface area contributed by atoms with Gasteiger partial charge in [-0.05, 0) is 30.7 Å². The van der Waals surface area contributed by atoms with Gasteiger partial charge in [-0.15, -0.1) is 0 Å². The van der Waals surface area contributed by atoms with Crippen LogP contribution in [0.1, 0.15) is 12.0 Å². The fourth-order valence-corrected chi connectivity index (χ4v) is 4.18. The van der Waals surface area contributed by atoms with Gasteiger partial charge in [0.25, 0.3) is 0 Å². The molecule has 0 radical (unpaired) electrons. The molecule has 3 aromatic rings. The molecule has 0 amide bonds. The molecule has 2 heterocycles. The number of thioether (sulfide) groups is 1. The van der Waals surface area contributed by atoms with Crippen LogP contribution in [0, 0.1) is 6.92 Å². The van der Waals surface area contributed by atoms with E-state index in [0.717, 1.165) is 27.7 Å². The second-order valence-electron chi connectivity index (χ2n) is 6.12. The van der Waals surface area contributed by atoms with Crippen LogP contribution in [0.5, 0.6) is 0 Å². The van der Waals surface area contributed by atoms with E-state index in [-0.39, 0.29) is 11.2 Å². The normalized spacial score (nSPS) is 16.7. The van der Waals surface area contributed by atoms with E-state index in [0.29, 0.717) is 18.1 Å². The van der Waals surface area contributed by atoms with Crippen LogP contribution >= 0.6 is 23.4 Å². The van der Waals surface area contributed by atoms with Gasteiger partial charge in [-0.1, -0.05) is 53.7 Å². The zero-order chi connectivity index (χ0) is 18.1. The molecule has 0 spiro atoms. The lowest BCUT2D eigenvalue weighted by Crippen LogP contribution is -2.11. The number of esters is 1. The number of nitrogens with zero attached hydrogens (tertiary/aromatic N) is 2. The van der Waals surface area contributed by atoms with E-state index in [4.69, 9.17) is 16.3 Å². The Labute approximate surface area is 161 Å². The number of aryl methyl sites for hydroxylation is 1. The van der Waals surface area contributed by atoms with Crippen molar-refractivity contribution in [1.82, 2.24) is 9.55 Å². The summed E-state index contributed by atoms with van der Waals surface area (Å²) in [7, 11) is 0. The number of benzene rings is 2. The Kier molecular flexibility index (Phi) is 4.74. The Hall–Kier alpha value is -2.24. The van der Waals surface area contributed by atoms with E-state index >= 15 is 0 Å². The van der Waals surface area contributed by atoms with Crippen molar-refractivity contribution in [3.63, 3.8) is 0 Å². The average Bonchev–Trinajstić information content (AvgIpc) is 3.23. The zero-order valence-electron chi connectivity index (χ0n) is 14.2. The van der Waals surface area contributed by atoms with Gasteiger partial charge in [-0.3, -0.25) is 9.36 Å². The molecule has 4 nitrogen and oxygen atoms in total. The van der Waals surface area contributed by atoms with Crippen molar-refractivity contribution in [3.8, 4) is 16.9 Å². The third kappa shape index (κ3) is 3.24. The van der Waals surface area contributed by atoms with Gasteiger partial charge in [-0.2, -0.15) is 0 Å². The number of hydrogen-bond acceptors (Lipinski definition) is 4. The van der Waals surface area contributed by atoms with Crippen molar-refractivity contribution >= 4 is 29.3 Å². The van der Waals surface area contributed by atoms with Crippen molar-refractivity contribution in [2.24, 2.45) is 0 Å². The molecule has 2 aromatic carbocycles. The molecule has 0 bridgehead atoms. The number of rotatable bonds is 4. The average molecular weight is 385 g/mol. The maximum Gasteiger partial charge on any atom is 0.319 e. The third-order valence-electron chi connectivity index (χ3n) is 4.36. The molecule has 6 heteroatoms. The van der Waals surface area contributed by atoms with Crippen molar-refractivity contribution in [2.45, 2.75) is 23.8 Å². The van der Waals surface area contributed by atoms with E-state index < -0.39 is 0 Å². The molecule has 132 valence electrons. The Morgan fingerprint density at radius 3 is 2.65 bits per heavy atom. The molecule has 1 aliphatic rings. The molecule has 0 N–H and O–H groups in total. The largest absolute Gasteiger partial charge is 0.465 e. The van der Waals surface area contributed by atoms with Gasteiger partial charge in [-0.25, -0.2) is 4.98 Å². The summed E-state index contributed by atoms with van der Waals surface area (Å²) in [5.41, 5.74) is 4.16. The van der Waals surface area contributed by atoms with Gasteiger partial charge in [0.1, 0.15) is 5.25 Å². The van der Waals surface area contributed by atoms with Gasteiger partial charge in [0.05, 0.1) is 24.2 Å². The Balaban J connectivity index is 1.83. The monoisotopic (exact) mass is 384 g/mol. The van der Waals surface area contributed by atoms with E-state index in [9.17, 15) is 4.79 Å². The molecule has 1 unspecified atom stereocenters. The SMILES string of the molecule is Cc1ccccc1-n1c(-c2ccc(Cl)cc2)cnc1SC1CCOC1=O. The Bertz CT molecular complexity index is 953. The zero-order valence-corrected chi connectivity index (χ0v) is 15.8. The highest BCUT2D eigenvalue weighted by molar-refractivity contribution is 8.00. The third-order valence-corrected chi connectivity index (χ3v) is 5.82. The molecule has 1 atom stereocenters. The van der Waals surface area contributed by atoms with Gasteiger partial charge < -0.3 is 4.74 Å². The first-order valence-corrected chi connectivity index (χ1v) is 9.62. The summed E-state index contributed by atoms with van der Waals surface area (Å²) < 4.78 is 7.21. The lowest BCUT2D eigenvalue weighted by atomic mass is 10.1. The number of carbonyl (C=O) groups excluding carboxylic acids is 1. The summed E-state index contributed by atoms with van der Waals surface area (Å²) in [5, 5.41) is 1.27. The summed E-state index contributed by atoms with van der Waals surface area (Å²) in [6.07, 6.45) is 2.55. The second-order valence-corrected chi connectivity index (χ2v) is 7.72.